The molecule has 2 bridgehead atoms. The zero-order valence-corrected chi connectivity index (χ0v) is 21.9. The Morgan fingerprint density at radius 1 is 1.28 bits per heavy atom. The number of anilines is 1. The van der Waals surface area contributed by atoms with Gasteiger partial charge in [-0.05, 0) is 57.1 Å². The summed E-state index contributed by atoms with van der Waals surface area (Å²) in [4.78, 5) is 44.2. The van der Waals surface area contributed by atoms with Crippen LogP contribution in [0.2, 0.25) is 0 Å². The predicted molar refractivity (Wildman–Crippen MR) is 135 cm³/mol. The zero-order chi connectivity index (χ0) is 26.6. The Morgan fingerprint density at radius 3 is 2.44 bits per heavy atom. The van der Waals surface area contributed by atoms with Crippen LogP contribution >= 0.6 is 0 Å². The van der Waals surface area contributed by atoms with Crippen molar-refractivity contribution in [2.24, 2.45) is 17.8 Å². The minimum atomic E-state index is -1.26. The normalized spacial score (nSPS) is 31.6. The van der Waals surface area contributed by atoms with Crippen LogP contribution in [0.3, 0.4) is 0 Å². The van der Waals surface area contributed by atoms with Crippen LogP contribution in [-0.2, 0) is 19.1 Å². The Morgan fingerprint density at radius 2 is 1.92 bits per heavy atom. The van der Waals surface area contributed by atoms with Crippen molar-refractivity contribution in [3.05, 3.63) is 42.0 Å². The van der Waals surface area contributed by atoms with E-state index in [4.69, 9.17) is 4.74 Å². The number of likely N-dealkylation sites (tertiary alicyclic amines) is 1. The van der Waals surface area contributed by atoms with E-state index >= 15 is 0 Å². The van der Waals surface area contributed by atoms with Gasteiger partial charge in [-0.25, -0.2) is 0 Å². The summed E-state index contributed by atoms with van der Waals surface area (Å²) < 4.78 is 6.51. The summed E-state index contributed by atoms with van der Waals surface area (Å²) in [5, 5.41) is 20.5. The van der Waals surface area contributed by atoms with Crippen LogP contribution in [0.15, 0.2) is 30.9 Å². The number of nitrogens with zero attached hydrogens (tertiary/aromatic N) is 2. The van der Waals surface area contributed by atoms with Gasteiger partial charge in [-0.3, -0.25) is 14.4 Å². The van der Waals surface area contributed by atoms with Crippen molar-refractivity contribution >= 4 is 23.5 Å². The van der Waals surface area contributed by atoms with Gasteiger partial charge < -0.3 is 24.7 Å². The maximum absolute atomic E-state index is 14.6. The number of aryl methyl sites for hydroxylation is 2. The SMILES string of the molecule is C=CCN(C(=O)C1N([C@@H](CO)CC(C)C)C(=O)[C@@H]2[C@H](C(=O)O)[C@]3(C)CCC12O3)c1c(C)cccc1C. The number of amides is 2. The van der Waals surface area contributed by atoms with Gasteiger partial charge in [-0.2, -0.15) is 0 Å². The van der Waals surface area contributed by atoms with Crippen molar-refractivity contribution in [2.75, 3.05) is 18.1 Å². The van der Waals surface area contributed by atoms with Gasteiger partial charge in [0, 0.05) is 12.2 Å². The number of rotatable bonds is 9. The summed E-state index contributed by atoms with van der Waals surface area (Å²) in [5.41, 5.74) is 0.274. The lowest BCUT2D eigenvalue weighted by Crippen LogP contribution is -2.59. The Balaban J connectivity index is 1.89. The van der Waals surface area contributed by atoms with E-state index in [2.05, 4.69) is 6.58 Å². The van der Waals surface area contributed by atoms with Gasteiger partial charge in [0.2, 0.25) is 5.91 Å². The van der Waals surface area contributed by atoms with Crippen LogP contribution in [0.4, 0.5) is 5.69 Å². The van der Waals surface area contributed by atoms with Crippen molar-refractivity contribution in [3.63, 3.8) is 0 Å². The zero-order valence-electron chi connectivity index (χ0n) is 21.9. The van der Waals surface area contributed by atoms with E-state index in [1.807, 2.05) is 45.9 Å². The second-order valence-electron chi connectivity index (χ2n) is 11.3. The quantitative estimate of drug-likeness (QED) is 0.507. The molecule has 1 spiro atoms. The fourth-order valence-corrected chi connectivity index (χ4v) is 7.03. The van der Waals surface area contributed by atoms with E-state index < -0.39 is 47.0 Å². The van der Waals surface area contributed by atoms with E-state index in [9.17, 15) is 24.6 Å². The average molecular weight is 499 g/mol. The molecule has 3 saturated heterocycles. The molecule has 3 aliphatic heterocycles. The number of aliphatic hydroxyl groups excluding tert-OH is 1. The molecule has 0 saturated carbocycles. The summed E-state index contributed by atoms with van der Waals surface area (Å²) in [5.74, 6) is -3.72. The number of carbonyl (C=O) groups is 3. The lowest BCUT2D eigenvalue weighted by molar-refractivity contribution is -0.156. The minimum absolute atomic E-state index is 0.150. The van der Waals surface area contributed by atoms with Gasteiger partial charge in [0.05, 0.1) is 30.1 Å². The Hall–Kier alpha value is -2.71. The maximum atomic E-state index is 14.6. The van der Waals surface area contributed by atoms with Gasteiger partial charge in [-0.1, -0.05) is 38.1 Å². The number of hydrogen-bond donors (Lipinski definition) is 2. The third-order valence-electron chi connectivity index (χ3n) is 8.35. The van der Waals surface area contributed by atoms with Gasteiger partial charge in [-0.15, -0.1) is 6.58 Å². The molecule has 2 amide bonds. The smallest absolute Gasteiger partial charge is 0.310 e. The topological polar surface area (TPSA) is 107 Å². The first-order valence-electron chi connectivity index (χ1n) is 12.8. The molecule has 8 nitrogen and oxygen atoms in total. The van der Waals surface area contributed by atoms with Crippen LogP contribution in [-0.4, -0.2) is 69.3 Å². The minimum Gasteiger partial charge on any atom is -0.481 e. The molecule has 3 aliphatic rings. The monoisotopic (exact) mass is 498 g/mol. The number of benzene rings is 1. The number of ether oxygens (including phenoxy) is 1. The number of carbonyl (C=O) groups excluding carboxylic acids is 2. The molecular weight excluding hydrogens is 460 g/mol. The molecule has 3 fully saturated rings. The highest BCUT2D eigenvalue weighted by atomic mass is 16.5. The molecular formula is C28H38N2O6. The predicted octanol–water partition coefficient (Wildman–Crippen LogP) is 3.08. The highest BCUT2D eigenvalue weighted by Crippen LogP contribution is 2.63. The second-order valence-corrected chi connectivity index (χ2v) is 11.3. The molecule has 36 heavy (non-hydrogen) atoms. The molecule has 0 aromatic heterocycles. The number of fused-ring (bicyclic) bond motifs is 1. The first kappa shape index (κ1) is 26.4. The summed E-state index contributed by atoms with van der Waals surface area (Å²) >= 11 is 0. The van der Waals surface area contributed by atoms with Gasteiger partial charge in [0.15, 0.2) is 0 Å². The van der Waals surface area contributed by atoms with Crippen LogP contribution in [0.5, 0.6) is 0 Å². The lowest BCUT2D eigenvalue weighted by Gasteiger charge is -2.40. The molecule has 3 heterocycles. The van der Waals surface area contributed by atoms with E-state index in [-0.39, 0.29) is 25.0 Å². The highest BCUT2D eigenvalue weighted by molar-refractivity contribution is 6.05. The molecule has 196 valence electrons. The Labute approximate surface area is 212 Å². The fraction of sp³-hybridized carbons (Fsp3) is 0.607. The molecule has 0 aliphatic carbocycles. The van der Waals surface area contributed by atoms with E-state index in [1.54, 1.807) is 17.9 Å². The molecule has 1 aromatic rings. The molecule has 6 atom stereocenters. The van der Waals surface area contributed by atoms with Crippen molar-refractivity contribution in [1.82, 2.24) is 4.90 Å². The summed E-state index contributed by atoms with van der Waals surface area (Å²) in [7, 11) is 0. The van der Waals surface area contributed by atoms with Crippen LogP contribution in [0.25, 0.3) is 0 Å². The number of hydrogen-bond acceptors (Lipinski definition) is 5. The maximum Gasteiger partial charge on any atom is 0.310 e. The number of carboxylic acids is 1. The van der Waals surface area contributed by atoms with Crippen molar-refractivity contribution in [3.8, 4) is 0 Å². The third-order valence-corrected chi connectivity index (χ3v) is 8.35. The van der Waals surface area contributed by atoms with E-state index in [0.717, 1.165) is 16.8 Å². The average Bonchev–Trinajstić information content (AvgIpc) is 3.37. The number of aliphatic carboxylic acids is 1. The van der Waals surface area contributed by atoms with Crippen LogP contribution < -0.4 is 4.90 Å². The third kappa shape index (κ3) is 3.77. The molecule has 0 radical (unpaired) electrons. The van der Waals surface area contributed by atoms with Gasteiger partial charge in [0.25, 0.3) is 5.91 Å². The van der Waals surface area contributed by atoms with Gasteiger partial charge in [0.1, 0.15) is 11.6 Å². The Kier molecular flexibility index (Phi) is 6.81. The molecule has 2 unspecified atom stereocenters. The summed E-state index contributed by atoms with van der Waals surface area (Å²) in [6.07, 6.45) is 2.98. The van der Waals surface area contributed by atoms with Crippen LogP contribution in [0, 0.1) is 31.6 Å². The number of carboxylic acid groups (broad SMARTS) is 1. The molecule has 1 aromatic carbocycles. The molecule has 4 rings (SSSR count). The Bertz CT molecular complexity index is 1070. The second kappa shape index (κ2) is 9.30. The largest absolute Gasteiger partial charge is 0.481 e. The van der Waals surface area contributed by atoms with Crippen molar-refractivity contribution < 1.29 is 29.3 Å². The van der Waals surface area contributed by atoms with Crippen LogP contribution in [0.1, 0.15) is 51.2 Å². The van der Waals surface area contributed by atoms with Crippen molar-refractivity contribution in [2.45, 2.75) is 77.2 Å². The highest BCUT2D eigenvalue weighted by Gasteiger charge is 2.78. The molecule has 2 N–H and O–H groups in total. The molecule has 8 heteroatoms. The van der Waals surface area contributed by atoms with Gasteiger partial charge >= 0.3 is 5.97 Å². The van der Waals surface area contributed by atoms with Crippen molar-refractivity contribution in [1.29, 1.82) is 0 Å². The fourth-order valence-electron chi connectivity index (χ4n) is 7.03. The lowest BCUT2D eigenvalue weighted by atomic mass is 9.66. The standard InChI is InChI=1S/C28H38N2O6/c1-7-13-29(22-17(4)9-8-10-18(22)5)25(33)23-28-12-11-27(6,36-28)21(26(34)35)20(28)24(32)30(23)19(15-31)14-16(2)3/h7-10,16,19-21,23,31H,1,11-15H2,2-6H3,(H,34,35)/t19-,20+,21-,23?,27+,28?/m1/s1. The van der Waals surface area contributed by atoms with E-state index in [0.29, 0.717) is 19.3 Å². The summed E-state index contributed by atoms with van der Waals surface area (Å²) in [6.45, 7) is 13.3. The number of aliphatic hydroxyl groups is 1. The first-order valence-corrected chi connectivity index (χ1v) is 12.8. The number of para-hydroxylation sites is 1. The summed E-state index contributed by atoms with van der Waals surface area (Å²) in [6, 6.07) is 4.11. The first-order chi connectivity index (χ1) is 16.9. The van der Waals surface area contributed by atoms with E-state index in [1.165, 1.54) is 4.90 Å².